The Kier molecular flexibility index (Phi) is 3.33. The molecule has 0 amide bonds. The Morgan fingerprint density at radius 3 is 2.88 bits per heavy atom. The lowest BCUT2D eigenvalue weighted by molar-refractivity contribution is 0.0697. The van der Waals surface area contributed by atoms with E-state index in [1.54, 1.807) is 18.2 Å². The summed E-state index contributed by atoms with van der Waals surface area (Å²) in [6.07, 6.45) is 1.17. The van der Waals surface area contributed by atoms with Crippen LogP contribution in [0.15, 0.2) is 24.3 Å². The molecule has 0 saturated carbocycles. The summed E-state index contributed by atoms with van der Waals surface area (Å²) in [5, 5.41) is 8.97. The van der Waals surface area contributed by atoms with E-state index in [0.717, 1.165) is 18.7 Å². The second-order valence-corrected chi connectivity index (χ2v) is 4.40. The number of ether oxygens (including phenoxy) is 1. The van der Waals surface area contributed by atoms with Gasteiger partial charge in [-0.2, -0.15) is 0 Å². The van der Waals surface area contributed by atoms with Crippen molar-refractivity contribution in [1.82, 2.24) is 0 Å². The molecule has 1 heterocycles. The molecule has 2 atom stereocenters. The highest BCUT2D eigenvalue weighted by Gasteiger charge is 2.28. The van der Waals surface area contributed by atoms with Gasteiger partial charge in [-0.05, 0) is 31.5 Å². The highest BCUT2D eigenvalue weighted by molar-refractivity contribution is 5.88. The number of anilines is 1. The Morgan fingerprint density at radius 1 is 1.53 bits per heavy atom. The van der Waals surface area contributed by atoms with E-state index in [-0.39, 0.29) is 6.10 Å². The van der Waals surface area contributed by atoms with Gasteiger partial charge in [-0.15, -0.1) is 0 Å². The van der Waals surface area contributed by atoms with Crippen LogP contribution in [0.4, 0.5) is 5.69 Å². The van der Waals surface area contributed by atoms with Gasteiger partial charge in [0.2, 0.25) is 0 Å². The van der Waals surface area contributed by atoms with Crippen molar-refractivity contribution in [1.29, 1.82) is 0 Å². The van der Waals surface area contributed by atoms with Crippen LogP contribution in [0, 0.1) is 0 Å². The maximum Gasteiger partial charge on any atom is 0.335 e. The van der Waals surface area contributed by atoms with Crippen LogP contribution >= 0.6 is 0 Å². The zero-order valence-corrected chi connectivity index (χ0v) is 10.1. The van der Waals surface area contributed by atoms with Crippen LogP contribution in [0.5, 0.6) is 0 Å². The van der Waals surface area contributed by atoms with Gasteiger partial charge in [0.1, 0.15) is 0 Å². The Bertz CT molecular complexity index is 419. The van der Waals surface area contributed by atoms with Gasteiger partial charge in [-0.3, -0.25) is 0 Å². The highest BCUT2D eigenvalue weighted by atomic mass is 16.5. The maximum absolute atomic E-state index is 10.9. The van der Waals surface area contributed by atoms with Crippen molar-refractivity contribution >= 4 is 11.7 Å². The van der Waals surface area contributed by atoms with Crippen molar-refractivity contribution in [3.05, 3.63) is 29.8 Å². The normalized spacial score (nSPS) is 23.6. The Morgan fingerprint density at radius 2 is 2.29 bits per heavy atom. The average molecular weight is 235 g/mol. The quantitative estimate of drug-likeness (QED) is 0.870. The van der Waals surface area contributed by atoms with Gasteiger partial charge in [-0.25, -0.2) is 4.79 Å². The van der Waals surface area contributed by atoms with Crippen molar-refractivity contribution < 1.29 is 14.6 Å². The summed E-state index contributed by atoms with van der Waals surface area (Å²) in [5.41, 5.74) is 1.24. The van der Waals surface area contributed by atoms with E-state index in [0.29, 0.717) is 11.6 Å². The van der Waals surface area contributed by atoms with Crippen LogP contribution in [0.1, 0.15) is 23.7 Å². The molecule has 4 nitrogen and oxygen atoms in total. The number of carbonyl (C=O) groups is 1. The predicted octanol–water partition coefficient (Wildman–Crippen LogP) is 2.00. The minimum absolute atomic E-state index is 0.188. The second kappa shape index (κ2) is 4.75. The van der Waals surface area contributed by atoms with Gasteiger partial charge in [0.05, 0.1) is 17.7 Å². The number of likely N-dealkylation sites (N-methyl/N-ethyl adjacent to an activating group) is 1. The predicted molar refractivity (Wildman–Crippen MR) is 65.6 cm³/mol. The zero-order valence-electron chi connectivity index (χ0n) is 10.1. The molecule has 2 rings (SSSR count). The molecule has 2 unspecified atom stereocenters. The second-order valence-electron chi connectivity index (χ2n) is 4.40. The first-order valence-corrected chi connectivity index (χ1v) is 5.77. The molecule has 1 aromatic carbocycles. The van der Waals surface area contributed by atoms with Gasteiger partial charge in [0, 0.05) is 19.3 Å². The Hall–Kier alpha value is -1.55. The van der Waals surface area contributed by atoms with Crippen molar-refractivity contribution in [2.24, 2.45) is 0 Å². The summed E-state index contributed by atoms with van der Waals surface area (Å²) in [7, 11) is 1.98. The molecule has 0 aliphatic carbocycles. The summed E-state index contributed by atoms with van der Waals surface area (Å²) < 4.78 is 5.53. The van der Waals surface area contributed by atoms with E-state index in [4.69, 9.17) is 9.84 Å². The number of rotatable bonds is 3. The fraction of sp³-hybridized carbons (Fsp3) is 0.462. The summed E-state index contributed by atoms with van der Waals surface area (Å²) in [6, 6.07) is 7.33. The summed E-state index contributed by atoms with van der Waals surface area (Å²) in [5.74, 6) is -0.893. The lowest BCUT2D eigenvalue weighted by Gasteiger charge is -2.28. The molecule has 92 valence electrons. The number of aromatic carboxylic acids is 1. The fourth-order valence-corrected chi connectivity index (χ4v) is 2.28. The number of nitrogens with zero attached hydrogens (tertiary/aromatic N) is 1. The van der Waals surface area contributed by atoms with E-state index in [1.807, 2.05) is 13.1 Å². The molecular formula is C13H17NO3. The van der Waals surface area contributed by atoms with Crippen LogP contribution < -0.4 is 4.90 Å². The molecular weight excluding hydrogens is 218 g/mol. The Balaban J connectivity index is 2.21. The topological polar surface area (TPSA) is 49.8 Å². The van der Waals surface area contributed by atoms with Crippen molar-refractivity contribution in [3.8, 4) is 0 Å². The summed E-state index contributed by atoms with van der Waals surface area (Å²) >= 11 is 0. The highest BCUT2D eigenvalue weighted by Crippen LogP contribution is 2.24. The van der Waals surface area contributed by atoms with E-state index in [2.05, 4.69) is 11.8 Å². The van der Waals surface area contributed by atoms with E-state index < -0.39 is 5.97 Å². The molecule has 0 bridgehead atoms. The summed E-state index contributed by atoms with van der Waals surface area (Å²) in [6.45, 7) is 2.82. The first kappa shape index (κ1) is 11.9. The van der Waals surface area contributed by atoms with Crippen LogP contribution in [0.3, 0.4) is 0 Å². The maximum atomic E-state index is 10.9. The minimum Gasteiger partial charge on any atom is -0.478 e. The number of carboxylic acids is 1. The third-order valence-corrected chi connectivity index (χ3v) is 3.33. The number of carboxylic acid groups (broad SMARTS) is 1. The minimum atomic E-state index is -0.893. The average Bonchev–Trinajstić information content (AvgIpc) is 2.74. The number of hydrogen-bond acceptors (Lipinski definition) is 3. The van der Waals surface area contributed by atoms with Crippen molar-refractivity contribution in [2.75, 3.05) is 18.6 Å². The molecule has 0 spiro atoms. The Labute approximate surface area is 101 Å². The zero-order chi connectivity index (χ0) is 12.4. The van der Waals surface area contributed by atoms with E-state index in [1.165, 1.54) is 0 Å². The lowest BCUT2D eigenvalue weighted by Crippen LogP contribution is -2.36. The molecule has 1 aromatic rings. The van der Waals surface area contributed by atoms with E-state index >= 15 is 0 Å². The third kappa shape index (κ3) is 2.42. The molecule has 17 heavy (non-hydrogen) atoms. The third-order valence-electron chi connectivity index (χ3n) is 3.33. The smallest absolute Gasteiger partial charge is 0.335 e. The SMILES string of the molecule is CC1OCCC1N(C)c1cccc(C(=O)O)c1. The molecule has 1 saturated heterocycles. The van der Waals surface area contributed by atoms with Crippen LogP contribution in [0.25, 0.3) is 0 Å². The fourth-order valence-electron chi connectivity index (χ4n) is 2.28. The molecule has 0 aromatic heterocycles. The van der Waals surface area contributed by atoms with Crippen molar-refractivity contribution in [3.63, 3.8) is 0 Å². The number of benzene rings is 1. The first-order valence-electron chi connectivity index (χ1n) is 5.77. The van der Waals surface area contributed by atoms with Gasteiger partial charge < -0.3 is 14.7 Å². The molecule has 1 aliphatic heterocycles. The van der Waals surface area contributed by atoms with Gasteiger partial charge in [0.25, 0.3) is 0 Å². The van der Waals surface area contributed by atoms with Gasteiger partial charge >= 0.3 is 5.97 Å². The van der Waals surface area contributed by atoms with Gasteiger partial charge in [0.15, 0.2) is 0 Å². The molecule has 4 heteroatoms. The summed E-state index contributed by atoms with van der Waals surface area (Å²) in [4.78, 5) is 13.0. The molecule has 1 N–H and O–H groups in total. The van der Waals surface area contributed by atoms with E-state index in [9.17, 15) is 4.79 Å². The first-order chi connectivity index (χ1) is 8.09. The van der Waals surface area contributed by atoms with Crippen molar-refractivity contribution in [2.45, 2.75) is 25.5 Å². The van der Waals surface area contributed by atoms with Gasteiger partial charge in [-0.1, -0.05) is 6.07 Å². The largest absolute Gasteiger partial charge is 0.478 e. The van der Waals surface area contributed by atoms with Crippen LogP contribution in [-0.4, -0.2) is 36.9 Å². The molecule has 1 aliphatic rings. The van der Waals surface area contributed by atoms with Crippen LogP contribution in [0.2, 0.25) is 0 Å². The molecule has 0 radical (unpaired) electrons. The monoisotopic (exact) mass is 235 g/mol. The van der Waals surface area contributed by atoms with Crippen LogP contribution in [-0.2, 0) is 4.74 Å². The standard InChI is InChI=1S/C13H17NO3/c1-9-12(6-7-17-9)14(2)11-5-3-4-10(8-11)13(15)16/h3-5,8-9,12H,6-7H2,1-2H3,(H,15,16). The lowest BCUT2D eigenvalue weighted by atomic mass is 10.1. The number of hydrogen-bond donors (Lipinski definition) is 1. The molecule has 1 fully saturated rings.